The van der Waals surface area contributed by atoms with Crippen molar-refractivity contribution >= 4 is 44.8 Å². The second-order valence-electron chi connectivity index (χ2n) is 12.0. The fourth-order valence-electron chi connectivity index (χ4n) is 6.73. The van der Waals surface area contributed by atoms with E-state index in [9.17, 15) is 23.1 Å². The molecule has 3 aliphatic rings. The van der Waals surface area contributed by atoms with E-state index < -0.39 is 28.0 Å². The number of amides is 1. The van der Waals surface area contributed by atoms with Crippen molar-refractivity contribution < 1.29 is 27.9 Å². The largest absolute Gasteiger partial charge is 0.497 e. The summed E-state index contributed by atoms with van der Waals surface area (Å²) in [5.74, 6) is -1.47. The average molecular weight is 620 g/mol. The summed E-state index contributed by atoms with van der Waals surface area (Å²) in [5, 5.41) is 17.4. The van der Waals surface area contributed by atoms with E-state index in [1.807, 2.05) is 30.3 Å². The molecule has 3 aromatic rings. The molecular weight excluding hydrogens is 582 g/mol. The van der Waals surface area contributed by atoms with Crippen LogP contribution in [0.25, 0.3) is 28.2 Å². The third-order valence-corrected chi connectivity index (χ3v) is 10.3. The molecule has 1 aliphatic carbocycles. The number of aliphatic carboxylic acids is 1. The Morgan fingerprint density at radius 2 is 1.84 bits per heavy atom. The van der Waals surface area contributed by atoms with Crippen molar-refractivity contribution in [2.45, 2.75) is 44.6 Å². The number of benzene rings is 2. The number of ether oxygens (including phenoxy) is 1. The van der Waals surface area contributed by atoms with Crippen molar-refractivity contribution in [3.8, 4) is 17.0 Å². The predicted molar refractivity (Wildman–Crippen MR) is 169 cm³/mol. The molecule has 232 valence electrons. The van der Waals surface area contributed by atoms with Gasteiger partial charge in [0.25, 0.3) is 5.91 Å². The lowest BCUT2D eigenvalue weighted by Crippen LogP contribution is -2.39. The molecule has 1 unspecified atom stereocenters. The number of hydrogen-bond donors (Lipinski definition) is 2. The second-order valence-corrected chi connectivity index (χ2v) is 13.9. The van der Waals surface area contributed by atoms with Crippen molar-refractivity contribution in [1.29, 1.82) is 0 Å². The Bertz CT molecular complexity index is 1830. The van der Waals surface area contributed by atoms with Gasteiger partial charge in [0.05, 0.1) is 31.6 Å². The third kappa shape index (κ3) is 5.26. The van der Waals surface area contributed by atoms with Gasteiger partial charge in [-0.25, -0.2) is 4.72 Å². The zero-order chi connectivity index (χ0) is 31.3. The minimum atomic E-state index is -3.99. The van der Waals surface area contributed by atoms with Gasteiger partial charge in [-0.2, -0.15) is 17.8 Å². The number of hydrazone groups is 1. The van der Waals surface area contributed by atoms with Gasteiger partial charge in [0, 0.05) is 43.2 Å². The van der Waals surface area contributed by atoms with E-state index in [-0.39, 0.29) is 12.1 Å². The Hall–Kier alpha value is -4.16. The van der Waals surface area contributed by atoms with E-state index >= 15 is 0 Å². The first-order valence-electron chi connectivity index (χ1n) is 14.8. The highest BCUT2D eigenvalue weighted by Gasteiger charge is 2.36. The summed E-state index contributed by atoms with van der Waals surface area (Å²) in [5.41, 5.74) is 6.35. The van der Waals surface area contributed by atoms with E-state index in [0.717, 1.165) is 63.3 Å². The van der Waals surface area contributed by atoms with Crippen LogP contribution >= 0.6 is 0 Å². The van der Waals surface area contributed by atoms with Gasteiger partial charge in [-0.1, -0.05) is 25.3 Å². The van der Waals surface area contributed by atoms with Crippen LogP contribution in [0.2, 0.25) is 0 Å². The summed E-state index contributed by atoms with van der Waals surface area (Å²) in [4.78, 5) is 25.5. The lowest BCUT2D eigenvalue weighted by Gasteiger charge is -2.24. The molecule has 44 heavy (non-hydrogen) atoms. The monoisotopic (exact) mass is 619 g/mol. The molecule has 1 atom stereocenters. The van der Waals surface area contributed by atoms with Crippen LogP contribution in [0.1, 0.15) is 59.5 Å². The highest BCUT2D eigenvalue weighted by Crippen LogP contribution is 2.47. The number of fused-ring (bicyclic) bond motifs is 5. The molecule has 1 fully saturated rings. The fourth-order valence-corrected chi connectivity index (χ4v) is 7.27. The van der Waals surface area contributed by atoms with Crippen molar-refractivity contribution in [2.24, 2.45) is 11.0 Å². The van der Waals surface area contributed by atoms with Crippen LogP contribution in [-0.4, -0.2) is 79.8 Å². The molecule has 2 N–H and O–H groups in total. The van der Waals surface area contributed by atoms with E-state index in [1.165, 1.54) is 26.1 Å². The Balaban J connectivity index is 1.61. The maximum absolute atomic E-state index is 13.2. The number of nitrogens with one attached hydrogen (secondary N) is 1. The normalized spacial score (nSPS) is 18.8. The van der Waals surface area contributed by atoms with Gasteiger partial charge < -0.3 is 14.4 Å². The molecule has 1 saturated carbocycles. The molecule has 2 aliphatic heterocycles. The maximum atomic E-state index is 13.2. The lowest BCUT2D eigenvalue weighted by atomic mass is 9.81. The van der Waals surface area contributed by atoms with Gasteiger partial charge >= 0.3 is 16.2 Å². The van der Waals surface area contributed by atoms with Crippen LogP contribution < -0.4 is 9.46 Å². The minimum absolute atomic E-state index is 0.213. The molecular formula is C32H37N5O6S. The van der Waals surface area contributed by atoms with Crippen LogP contribution in [0.15, 0.2) is 47.1 Å². The van der Waals surface area contributed by atoms with E-state index in [2.05, 4.69) is 14.4 Å². The first kappa shape index (κ1) is 29.9. The second kappa shape index (κ2) is 11.4. The molecule has 0 radical (unpaired) electrons. The van der Waals surface area contributed by atoms with Crippen LogP contribution in [-0.2, 0) is 21.5 Å². The maximum Gasteiger partial charge on any atom is 0.314 e. The first-order valence-corrected chi connectivity index (χ1v) is 16.2. The summed E-state index contributed by atoms with van der Waals surface area (Å²) in [6.45, 7) is 0.595. The van der Waals surface area contributed by atoms with Crippen molar-refractivity contribution in [1.82, 2.24) is 18.6 Å². The first-order chi connectivity index (χ1) is 21.0. The highest BCUT2D eigenvalue weighted by atomic mass is 32.2. The molecule has 0 bridgehead atoms. The molecule has 0 spiro atoms. The SMILES string of the molecule is COc1ccc2c(c1)C=C(C1=NN(C)CC1C(=O)O)Cn1c-2c(C2CCCCC2)c2ccc(C(=O)NS(=O)(=O)N(C)C)cc21. The number of methoxy groups -OCH3 is 1. The molecule has 11 nitrogen and oxygen atoms in total. The average Bonchev–Trinajstić information content (AvgIpc) is 3.49. The smallest absolute Gasteiger partial charge is 0.314 e. The zero-order valence-corrected chi connectivity index (χ0v) is 26.1. The number of aromatic nitrogens is 1. The molecule has 1 amide bonds. The summed E-state index contributed by atoms with van der Waals surface area (Å²) in [6, 6.07) is 11.3. The molecule has 6 rings (SSSR count). The quantitative estimate of drug-likeness (QED) is 0.403. The van der Waals surface area contributed by atoms with Crippen molar-refractivity contribution in [3.63, 3.8) is 0 Å². The number of carbonyl (C=O) groups excluding carboxylic acids is 1. The lowest BCUT2D eigenvalue weighted by molar-refractivity contribution is -0.139. The van der Waals surface area contributed by atoms with Gasteiger partial charge in [-0.15, -0.1) is 0 Å². The predicted octanol–water partition coefficient (Wildman–Crippen LogP) is 4.30. The molecule has 2 aromatic carbocycles. The fraction of sp³-hybridized carbons (Fsp3) is 0.406. The zero-order valence-electron chi connectivity index (χ0n) is 25.3. The van der Waals surface area contributed by atoms with Gasteiger partial charge in [0.1, 0.15) is 11.7 Å². The van der Waals surface area contributed by atoms with Crippen LogP contribution in [0.4, 0.5) is 0 Å². The van der Waals surface area contributed by atoms with E-state index in [0.29, 0.717) is 23.9 Å². The van der Waals surface area contributed by atoms with Crippen LogP contribution in [0, 0.1) is 5.92 Å². The molecule has 0 saturated heterocycles. The standard InChI is InChI=1S/C32H37N5O6S/c1-35(2)44(41,42)34-31(38)20-10-12-25-27(16-20)37-17-22(29-26(32(39)40)18-36(3)33-29)14-21-15-23(43-4)11-13-24(21)30(37)28(25)19-8-6-5-7-9-19/h10-16,19,26H,5-9,17-18H2,1-4H3,(H,34,38)(H,39,40). The van der Waals surface area contributed by atoms with E-state index in [1.54, 1.807) is 31.3 Å². The van der Waals surface area contributed by atoms with Gasteiger partial charge in [-0.05, 0) is 71.9 Å². The minimum Gasteiger partial charge on any atom is -0.497 e. The Kier molecular flexibility index (Phi) is 7.75. The van der Waals surface area contributed by atoms with Crippen LogP contribution in [0.3, 0.4) is 0 Å². The number of carboxylic acids is 1. The Morgan fingerprint density at radius 3 is 2.52 bits per heavy atom. The van der Waals surface area contributed by atoms with Crippen molar-refractivity contribution in [3.05, 3.63) is 58.7 Å². The van der Waals surface area contributed by atoms with Gasteiger partial charge in [0.15, 0.2) is 0 Å². The number of carboxylic acid groups (broad SMARTS) is 1. The van der Waals surface area contributed by atoms with Crippen LogP contribution in [0.5, 0.6) is 5.75 Å². The molecule has 1 aromatic heterocycles. The van der Waals surface area contributed by atoms with E-state index in [4.69, 9.17) is 4.74 Å². The van der Waals surface area contributed by atoms with Gasteiger partial charge in [0.2, 0.25) is 0 Å². The molecule has 12 heteroatoms. The third-order valence-electron chi connectivity index (χ3n) is 8.94. The number of carbonyl (C=O) groups is 2. The number of nitrogens with zero attached hydrogens (tertiary/aromatic N) is 4. The number of hydrogen-bond acceptors (Lipinski definition) is 7. The summed E-state index contributed by atoms with van der Waals surface area (Å²) >= 11 is 0. The Labute approximate surface area is 257 Å². The summed E-state index contributed by atoms with van der Waals surface area (Å²) < 4.78 is 35.8. The summed E-state index contributed by atoms with van der Waals surface area (Å²) in [6.07, 6.45) is 7.54. The Morgan fingerprint density at radius 1 is 1.09 bits per heavy atom. The number of allylic oxidation sites excluding steroid dienone is 1. The molecule has 3 heterocycles. The number of rotatable bonds is 7. The van der Waals surface area contributed by atoms with Crippen molar-refractivity contribution in [2.75, 3.05) is 34.8 Å². The highest BCUT2D eigenvalue weighted by molar-refractivity contribution is 7.87. The summed E-state index contributed by atoms with van der Waals surface area (Å²) in [7, 11) is 2.11. The van der Waals surface area contributed by atoms with Gasteiger partial charge in [-0.3, -0.25) is 14.6 Å². The topological polar surface area (TPSA) is 134 Å².